The highest BCUT2D eigenvalue weighted by atomic mass is 32.2. The maximum absolute atomic E-state index is 5.41. The topological polar surface area (TPSA) is 51.0 Å². The van der Waals surface area contributed by atoms with Gasteiger partial charge in [0.15, 0.2) is 5.82 Å². The maximum atomic E-state index is 5.41. The lowest BCUT2D eigenvalue weighted by Gasteiger charge is -2.31. The minimum absolute atomic E-state index is 0.573. The number of hydrogen-bond donors (Lipinski definition) is 1. The van der Waals surface area contributed by atoms with Crippen molar-refractivity contribution in [3.63, 3.8) is 0 Å². The van der Waals surface area contributed by atoms with Crippen molar-refractivity contribution in [1.82, 2.24) is 15.5 Å². The van der Waals surface area contributed by atoms with Crippen LogP contribution in [-0.4, -0.2) is 27.2 Å². The van der Waals surface area contributed by atoms with Crippen LogP contribution in [0.4, 0.5) is 0 Å². The first kappa shape index (κ1) is 17.5. The second kappa shape index (κ2) is 9.23. The molecule has 2 unspecified atom stereocenters. The van der Waals surface area contributed by atoms with Crippen molar-refractivity contribution in [3.8, 4) is 0 Å². The van der Waals surface area contributed by atoms with E-state index in [1.165, 1.54) is 37.0 Å². The van der Waals surface area contributed by atoms with E-state index < -0.39 is 0 Å². The number of nitrogens with zero attached hydrogens (tertiary/aromatic N) is 2. The van der Waals surface area contributed by atoms with Crippen LogP contribution in [0.3, 0.4) is 0 Å². The largest absolute Gasteiger partial charge is 0.338 e. The van der Waals surface area contributed by atoms with Crippen LogP contribution in [0.1, 0.15) is 49.9 Å². The molecular weight excluding hydrogens is 318 g/mol. The molecule has 5 heteroatoms. The summed E-state index contributed by atoms with van der Waals surface area (Å²) in [6.07, 6.45) is 7.04. The highest BCUT2D eigenvalue weighted by Crippen LogP contribution is 2.28. The standard InChI is InChI=1S/C19H27N3OS/c1-2-24-17-11-7-6-10-16(17)20-14-19-21-18(22-23-19)13-12-15-8-4-3-5-9-15/h3-5,8-9,16-17,20H,2,6-7,10-14H2,1H3. The van der Waals surface area contributed by atoms with E-state index in [1.54, 1.807) is 0 Å². The number of rotatable bonds is 8. The molecule has 2 atom stereocenters. The summed E-state index contributed by atoms with van der Waals surface area (Å²) in [7, 11) is 0. The molecule has 4 nitrogen and oxygen atoms in total. The van der Waals surface area contributed by atoms with Gasteiger partial charge in [0.05, 0.1) is 6.54 Å². The number of thioether (sulfide) groups is 1. The van der Waals surface area contributed by atoms with Gasteiger partial charge >= 0.3 is 0 Å². The number of benzene rings is 1. The molecule has 1 aliphatic carbocycles. The van der Waals surface area contributed by atoms with E-state index in [4.69, 9.17) is 4.52 Å². The summed E-state index contributed by atoms with van der Waals surface area (Å²) < 4.78 is 5.41. The van der Waals surface area contributed by atoms with E-state index in [0.29, 0.717) is 18.5 Å². The minimum Gasteiger partial charge on any atom is -0.338 e. The molecule has 2 aromatic rings. The van der Waals surface area contributed by atoms with E-state index in [1.807, 2.05) is 6.07 Å². The number of nitrogens with one attached hydrogen (secondary N) is 1. The Morgan fingerprint density at radius 1 is 1.17 bits per heavy atom. The summed E-state index contributed by atoms with van der Waals surface area (Å²) in [6.45, 7) is 2.93. The molecule has 3 rings (SSSR count). The van der Waals surface area contributed by atoms with Crippen LogP contribution >= 0.6 is 11.8 Å². The normalized spacial score (nSPS) is 21.0. The van der Waals surface area contributed by atoms with Gasteiger partial charge in [-0.15, -0.1) is 0 Å². The zero-order valence-electron chi connectivity index (χ0n) is 14.4. The van der Waals surface area contributed by atoms with Crippen molar-refractivity contribution >= 4 is 11.8 Å². The van der Waals surface area contributed by atoms with E-state index in [2.05, 4.69) is 58.4 Å². The highest BCUT2D eigenvalue weighted by molar-refractivity contribution is 7.99. The first-order chi connectivity index (χ1) is 11.8. The molecule has 1 heterocycles. The van der Waals surface area contributed by atoms with Crippen LogP contribution < -0.4 is 5.32 Å². The van der Waals surface area contributed by atoms with Gasteiger partial charge in [-0.2, -0.15) is 16.7 Å². The van der Waals surface area contributed by atoms with Crippen molar-refractivity contribution in [2.45, 2.75) is 63.3 Å². The predicted molar refractivity (Wildman–Crippen MR) is 99.2 cm³/mol. The first-order valence-corrected chi connectivity index (χ1v) is 10.1. The van der Waals surface area contributed by atoms with E-state index in [0.717, 1.165) is 23.9 Å². The molecule has 0 saturated heterocycles. The second-order valence-corrected chi connectivity index (χ2v) is 7.87. The molecule has 1 N–H and O–H groups in total. The summed E-state index contributed by atoms with van der Waals surface area (Å²) in [6, 6.07) is 11.0. The van der Waals surface area contributed by atoms with E-state index >= 15 is 0 Å². The lowest BCUT2D eigenvalue weighted by molar-refractivity contribution is 0.330. The van der Waals surface area contributed by atoms with Gasteiger partial charge in [-0.3, -0.25) is 0 Å². The van der Waals surface area contributed by atoms with Crippen LogP contribution in [0.15, 0.2) is 34.9 Å². The lowest BCUT2D eigenvalue weighted by Crippen LogP contribution is -2.40. The maximum Gasteiger partial charge on any atom is 0.240 e. The Balaban J connectivity index is 1.47. The van der Waals surface area contributed by atoms with Gasteiger partial charge in [-0.05, 0) is 30.6 Å². The molecule has 0 spiro atoms. The molecule has 0 bridgehead atoms. The van der Waals surface area contributed by atoms with Gasteiger partial charge in [0.1, 0.15) is 0 Å². The molecule has 0 radical (unpaired) electrons. The SMILES string of the molecule is CCSC1CCCCC1NCc1nc(CCc2ccccc2)no1. The van der Waals surface area contributed by atoms with Crippen molar-refractivity contribution in [2.24, 2.45) is 0 Å². The summed E-state index contributed by atoms with van der Waals surface area (Å²) >= 11 is 2.08. The fraction of sp³-hybridized carbons (Fsp3) is 0.579. The second-order valence-electron chi connectivity index (χ2n) is 6.36. The number of aryl methyl sites for hydroxylation is 2. The Hall–Kier alpha value is -1.33. The molecule has 1 saturated carbocycles. The molecule has 1 aromatic heterocycles. The fourth-order valence-electron chi connectivity index (χ4n) is 3.33. The quantitative estimate of drug-likeness (QED) is 0.783. The van der Waals surface area contributed by atoms with Gasteiger partial charge in [-0.25, -0.2) is 0 Å². The number of hydrogen-bond acceptors (Lipinski definition) is 5. The Morgan fingerprint density at radius 3 is 2.83 bits per heavy atom. The average molecular weight is 346 g/mol. The van der Waals surface area contributed by atoms with Crippen LogP contribution in [0.2, 0.25) is 0 Å². The van der Waals surface area contributed by atoms with Crippen molar-refractivity contribution in [2.75, 3.05) is 5.75 Å². The molecule has 1 fully saturated rings. The summed E-state index contributed by atoms with van der Waals surface area (Å²) in [5.41, 5.74) is 1.31. The zero-order chi connectivity index (χ0) is 16.6. The fourth-order valence-corrected chi connectivity index (χ4v) is 4.55. The summed E-state index contributed by atoms with van der Waals surface area (Å²) in [5.74, 6) is 2.70. The molecule has 0 amide bonds. The van der Waals surface area contributed by atoms with Crippen LogP contribution in [0.5, 0.6) is 0 Å². The summed E-state index contributed by atoms with van der Waals surface area (Å²) in [4.78, 5) is 4.53. The van der Waals surface area contributed by atoms with Crippen molar-refractivity contribution < 1.29 is 4.52 Å². The monoisotopic (exact) mass is 345 g/mol. The number of aromatic nitrogens is 2. The van der Waals surface area contributed by atoms with Crippen LogP contribution in [0, 0.1) is 0 Å². The Bertz CT molecular complexity index is 600. The summed E-state index contributed by atoms with van der Waals surface area (Å²) in [5, 5.41) is 8.49. The molecule has 1 aromatic carbocycles. The smallest absolute Gasteiger partial charge is 0.240 e. The third-order valence-corrected chi connectivity index (χ3v) is 5.91. The van der Waals surface area contributed by atoms with E-state index in [9.17, 15) is 0 Å². The molecule has 24 heavy (non-hydrogen) atoms. The van der Waals surface area contributed by atoms with E-state index in [-0.39, 0.29) is 0 Å². The van der Waals surface area contributed by atoms with Gasteiger partial charge < -0.3 is 9.84 Å². The third kappa shape index (κ3) is 5.08. The predicted octanol–water partition coefficient (Wildman–Crippen LogP) is 4.01. The van der Waals surface area contributed by atoms with Crippen LogP contribution in [0.25, 0.3) is 0 Å². The lowest BCUT2D eigenvalue weighted by atomic mass is 9.95. The Morgan fingerprint density at radius 2 is 2.00 bits per heavy atom. The highest BCUT2D eigenvalue weighted by Gasteiger charge is 2.25. The molecule has 1 aliphatic rings. The first-order valence-electron chi connectivity index (χ1n) is 9.05. The zero-order valence-corrected chi connectivity index (χ0v) is 15.2. The Kier molecular flexibility index (Phi) is 6.73. The average Bonchev–Trinajstić information content (AvgIpc) is 3.08. The van der Waals surface area contributed by atoms with Crippen molar-refractivity contribution in [1.29, 1.82) is 0 Å². The van der Waals surface area contributed by atoms with Crippen molar-refractivity contribution in [3.05, 3.63) is 47.6 Å². The molecule has 0 aliphatic heterocycles. The molecular formula is C19H27N3OS. The van der Waals surface area contributed by atoms with Gasteiger partial charge in [0, 0.05) is 17.7 Å². The Labute approximate surface area is 148 Å². The van der Waals surface area contributed by atoms with Gasteiger partial charge in [0.25, 0.3) is 0 Å². The van der Waals surface area contributed by atoms with Gasteiger partial charge in [0.2, 0.25) is 5.89 Å². The third-order valence-electron chi connectivity index (χ3n) is 4.59. The van der Waals surface area contributed by atoms with Gasteiger partial charge in [-0.1, -0.05) is 55.3 Å². The minimum atomic E-state index is 0.573. The molecule has 130 valence electrons. The van der Waals surface area contributed by atoms with Crippen LogP contribution in [-0.2, 0) is 19.4 Å².